The van der Waals surface area contributed by atoms with Crippen LogP contribution in [0.15, 0.2) is 77.2 Å². The van der Waals surface area contributed by atoms with Crippen LogP contribution in [0.25, 0.3) is 15.7 Å². The number of anilines is 3. The van der Waals surface area contributed by atoms with Crippen LogP contribution in [0.3, 0.4) is 0 Å². The van der Waals surface area contributed by atoms with Crippen molar-refractivity contribution in [3.05, 3.63) is 116 Å². The summed E-state index contributed by atoms with van der Waals surface area (Å²) in [7, 11) is 0. The van der Waals surface area contributed by atoms with Gasteiger partial charge in [-0.15, -0.1) is 0 Å². The third kappa shape index (κ3) is 2.93. The molecule has 0 bridgehead atoms. The van der Waals surface area contributed by atoms with Gasteiger partial charge in [-0.25, -0.2) is 0 Å². The standard InChI is InChI=1S/C34H25NO2SSe/c1-33(2)23-8-5-6-11-27(23)35-29-24(33)9-7-10-25(29)34(3,4)26-16-19(38-32(26)35)15-22-30(36)20-14-18-12-13-39-28(18)17-21(20)31(22)37/h5-17H,1-4H3/b22-15-. The molecule has 8 rings (SSSR count). The van der Waals surface area contributed by atoms with Crippen molar-refractivity contribution in [3.8, 4) is 0 Å². The quantitative estimate of drug-likeness (QED) is 0.112. The van der Waals surface area contributed by atoms with E-state index in [1.165, 1.54) is 37.9 Å². The molecule has 2 aromatic heterocycles. The van der Waals surface area contributed by atoms with Gasteiger partial charge in [0, 0.05) is 5.41 Å². The SMILES string of the molecule is CC1(C)c2ccccc2N2c3sc(/C=C4/C(=O)c5cc6cc[se]c6cc5C4=O)cc3C(C)(C)c3cccc1c32. The fourth-order valence-electron chi connectivity index (χ4n) is 6.75. The third-order valence-electron chi connectivity index (χ3n) is 8.89. The number of fused-ring (bicyclic) bond motifs is 6. The number of carbonyl (C=O) groups excluding carboxylic acids is 2. The van der Waals surface area contributed by atoms with Crippen molar-refractivity contribution in [2.24, 2.45) is 0 Å². The van der Waals surface area contributed by atoms with E-state index in [0.29, 0.717) is 11.1 Å². The van der Waals surface area contributed by atoms with Gasteiger partial charge < -0.3 is 0 Å². The van der Waals surface area contributed by atoms with Crippen LogP contribution in [0.5, 0.6) is 0 Å². The summed E-state index contributed by atoms with van der Waals surface area (Å²) in [5, 5.41) is 2.24. The summed E-state index contributed by atoms with van der Waals surface area (Å²) in [5.74, 6) is -0.311. The maximum absolute atomic E-state index is 13.5. The number of benzene rings is 3. The molecular formula is C34H25NO2SSe. The molecule has 5 aromatic rings. The van der Waals surface area contributed by atoms with Gasteiger partial charge in [0.1, 0.15) is 0 Å². The van der Waals surface area contributed by atoms with Gasteiger partial charge in [0.05, 0.1) is 0 Å². The van der Waals surface area contributed by atoms with Gasteiger partial charge in [-0.05, 0) is 0 Å². The molecule has 5 heteroatoms. The molecule has 4 heterocycles. The number of allylic oxidation sites excluding steroid dienone is 1. The van der Waals surface area contributed by atoms with E-state index in [1.807, 2.05) is 18.2 Å². The summed E-state index contributed by atoms with van der Waals surface area (Å²) in [4.78, 5) is 32.4. The molecular weight excluding hydrogens is 565 g/mol. The molecule has 0 unspecified atom stereocenters. The van der Waals surface area contributed by atoms with Crippen molar-refractivity contribution in [1.29, 1.82) is 0 Å². The molecule has 0 N–H and O–H groups in total. The Morgan fingerprint density at radius 3 is 2.21 bits per heavy atom. The predicted octanol–water partition coefficient (Wildman–Crippen LogP) is 8.17. The Kier molecular flexibility index (Phi) is 4.54. The van der Waals surface area contributed by atoms with E-state index >= 15 is 0 Å². The first-order valence-corrected chi connectivity index (χ1v) is 15.8. The molecule has 39 heavy (non-hydrogen) atoms. The fourth-order valence-corrected chi connectivity index (χ4v) is 9.73. The summed E-state index contributed by atoms with van der Waals surface area (Å²) < 4.78 is 1.18. The van der Waals surface area contributed by atoms with Crippen molar-refractivity contribution < 1.29 is 9.59 Å². The second-order valence-electron chi connectivity index (χ2n) is 11.7. The number of Topliss-reactive ketones (excluding diaryl/α,β-unsaturated/α-hetero) is 2. The molecule has 0 fully saturated rings. The average molecular weight is 591 g/mol. The molecule has 0 atom stereocenters. The molecule has 3 aromatic carbocycles. The number of nitrogens with zero attached hydrogens (tertiary/aromatic N) is 1. The van der Waals surface area contributed by atoms with E-state index in [-0.39, 0.29) is 42.5 Å². The Balaban J connectivity index is 1.32. The Bertz CT molecular complexity index is 1920. The molecule has 1 aliphatic carbocycles. The minimum absolute atomic E-state index is 0.126. The summed E-state index contributed by atoms with van der Waals surface area (Å²) in [5.41, 5.74) is 8.64. The molecule has 190 valence electrons. The monoisotopic (exact) mass is 591 g/mol. The third-order valence-corrected chi connectivity index (χ3v) is 11.8. The van der Waals surface area contributed by atoms with E-state index < -0.39 is 0 Å². The number of hydrogen-bond donors (Lipinski definition) is 0. The van der Waals surface area contributed by atoms with Crippen molar-refractivity contribution in [3.63, 3.8) is 0 Å². The molecule has 0 amide bonds. The zero-order valence-electron chi connectivity index (χ0n) is 22.1. The van der Waals surface area contributed by atoms with Crippen LogP contribution in [-0.2, 0) is 10.8 Å². The average Bonchev–Trinajstić information content (AvgIpc) is 3.62. The first kappa shape index (κ1) is 23.4. The number of thiophene rings is 1. The summed E-state index contributed by atoms with van der Waals surface area (Å²) in [6.07, 6.45) is 1.83. The Morgan fingerprint density at radius 2 is 1.44 bits per heavy atom. The topological polar surface area (TPSA) is 37.4 Å². The molecule has 0 saturated carbocycles. The second-order valence-corrected chi connectivity index (χ2v) is 14.8. The number of ketones is 2. The molecule has 0 spiro atoms. The molecule has 2 aliphatic heterocycles. The van der Waals surface area contributed by atoms with Gasteiger partial charge in [-0.2, -0.15) is 0 Å². The van der Waals surface area contributed by atoms with Gasteiger partial charge >= 0.3 is 188 Å². The summed E-state index contributed by atoms with van der Waals surface area (Å²) in [6.45, 7) is 9.20. The molecule has 0 radical (unpaired) electrons. The first-order valence-electron chi connectivity index (χ1n) is 13.2. The number of rotatable bonds is 1. The normalized spacial score (nSPS) is 18.8. The van der Waals surface area contributed by atoms with Crippen molar-refractivity contribution >= 4 is 69.5 Å². The predicted molar refractivity (Wildman–Crippen MR) is 161 cm³/mol. The zero-order chi connectivity index (χ0) is 26.8. The summed E-state index contributed by atoms with van der Waals surface area (Å²) >= 11 is 1.90. The number of hydrogen-bond acceptors (Lipinski definition) is 4. The van der Waals surface area contributed by atoms with Crippen LogP contribution >= 0.6 is 11.3 Å². The van der Waals surface area contributed by atoms with E-state index in [0.717, 1.165) is 15.3 Å². The van der Waals surface area contributed by atoms with Crippen LogP contribution < -0.4 is 4.90 Å². The van der Waals surface area contributed by atoms with Crippen molar-refractivity contribution in [2.75, 3.05) is 4.90 Å². The zero-order valence-corrected chi connectivity index (χ0v) is 24.6. The number of para-hydroxylation sites is 2. The minimum atomic E-state index is -0.228. The van der Waals surface area contributed by atoms with Crippen LogP contribution in [0, 0.1) is 0 Å². The van der Waals surface area contributed by atoms with E-state index in [1.54, 1.807) is 11.3 Å². The summed E-state index contributed by atoms with van der Waals surface area (Å²) in [6, 6.07) is 23.5. The second kappa shape index (κ2) is 7.57. The molecule has 3 nitrogen and oxygen atoms in total. The van der Waals surface area contributed by atoms with Gasteiger partial charge in [0.2, 0.25) is 0 Å². The van der Waals surface area contributed by atoms with Crippen LogP contribution in [-0.4, -0.2) is 26.1 Å². The van der Waals surface area contributed by atoms with Crippen LogP contribution in [0.1, 0.15) is 75.5 Å². The van der Waals surface area contributed by atoms with Gasteiger partial charge in [-0.1, -0.05) is 44.2 Å². The Hall–Kier alpha value is -3.50. The first-order chi connectivity index (χ1) is 18.7. The van der Waals surface area contributed by atoms with Crippen molar-refractivity contribution in [2.45, 2.75) is 38.5 Å². The fraction of sp³-hybridized carbons (Fsp3) is 0.176. The maximum atomic E-state index is 13.5. The van der Waals surface area contributed by atoms with E-state index in [2.05, 4.69) is 92.1 Å². The van der Waals surface area contributed by atoms with Gasteiger partial charge in [0.15, 0.2) is 0 Å². The van der Waals surface area contributed by atoms with E-state index in [4.69, 9.17) is 0 Å². The van der Waals surface area contributed by atoms with Crippen molar-refractivity contribution in [1.82, 2.24) is 0 Å². The Morgan fingerprint density at radius 1 is 0.769 bits per heavy atom. The van der Waals surface area contributed by atoms with E-state index in [9.17, 15) is 9.59 Å². The number of carbonyl (C=O) groups is 2. The van der Waals surface area contributed by atoms with Gasteiger partial charge in [-0.3, -0.25) is 0 Å². The Labute approximate surface area is 237 Å². The van der Waals surface area contributed by atoms with Gasteiger partial charge in [0.25, 0.3) is 0 Å². The van der Waals surface area contributed by atoms with Crippen LogP contribution in [0.2, 0.25) is 0 Å². The van der Waals surface area contributed by atoms with Crippen LogP contribution in [0.4, 0.5) is 16.4 Å². The molecule has 0 saturated heterocycles. The molecule has 3 aliphatic rings.